The highest BCUT2D eigenvalue weighted by molar-refractivity contribution is 7.92. The maximum absolute atomic E-state index is 13.3. The van der Waals surface area contributed by atoms with Gasteiger partial charge in [-0.3, -0.25) is 9.10 Å². The molecular formula is C25H27ClN2O3S. The van der Waals surface area contributed by atoms with Crippen LogP contribution in [0.5, 0.6) is 0 Å². The molecule has 0 aliphatic rings. The van der Waals surface area contributed by atoms with Crippen LogP contribution in [0.25, 0.3) is 0 Å². The Labute approximate surface area is 195 Å². The lowest BCUT2D eigenvalue weighted by Crippen LogP contribution is -2.42. The van der Waals surface area contributed by atoms with E-state index in [-0.39, 0.29) is 23.3 Å². The van der Waals surface area contributed by atoms with Crippen LogP contribution in [0.3, 0.4) is 0 Å². The van der Waals surface area contributed by atoms with Crippen molar-refractivity contribution in [1.82, 2.24) is 5.32 Å². The van der Waals surface area contributed by atoms with Crippen molar-refractivity contribution in [2.24, 2.45) is 5.92 Å². The first-order valence-electron chi connectivity index (χ1n) is 10.5. The summed E-state index contributed by atoms with van der Waals surface area (Å²) in [6.07, 6.45) is 1.75. The second kappa shape index (κ2) is 11.2. The maximum Gasteiger partial charge on any atom is 0.264 e. The van der Waals surface area contributed by atoms with E-state index >= 15 is 0 Å². The lowest BCUT2D eigenvalue weighted by molar-refractivity contribution is -0.119. The summed E-state index contributed by atoms with van der Waals surface area (Å²) in [6.45, 7) is 2.24. The summed E-state index contributed by atoms with van der Waals surface area (Å²) in [6, 6.07) is 24.6. The number of amides is 1. The van der Waals surface area contributed by atoms with Crippen LogP contribution in [0, 0.1) is 5.92 Å². The van der Waals surface area contributed by atoms with Crippen LogP contribution in [0.2, 0.25) is 5.02 Å². The van der Waals surface area contributed by atoms with E-state index < -0.39 is 10.0 Å². The number of anilines is 1. The van der Waals surface area contributed by atoms with E-state index in [1.165, 1.54) is 17.7 Å². The van der Waals surface area contributed by atoms with Gasteiger partial charge in [0.1, 0.15) is 6.54 Å². The highest BCUT2D eigenvalue weighted by atomic mass is 35.5. The summed E-state index contributed by atoms with van der Waals surface area (Å²) in [5, 5.41) is 3.41. The fourth-order valence-corrected chi connectivity index (χ4v) is 4.96. The summed E-state index contributed by atoms with van der Waals surface area (Å²) in [5.74, 6) is -0.0953. The van der Waals surface area contributed by atoms with Crippen molar-refractivity contribution in [3.63, 3.8) is 0 Å². The number of nitrogens with zero attached hydrogens (tertiary/aromatic N) is 1. The molecular weight excluding hydrogens is 444 g/mol. The number of halogens is 1. The Bertz CT molecular complexity index is 1100. The standard InChI is InChI=1S/C25H27ClN2O3S/c1-2-20(17-21-9-5-3-6-10-21)18-27-25(29)19-28(23-15-13-22(26)14-16-23)32(30,31)24-11-7-4-8-12-24/h3-16,20H,2,17-19H2,1H3,(H,27,29). The number of hydrogen-bond acceptors (Lipinski definition) is 3. The molecule has 1 unspecified atom stereocenters. The predicted molar refractivity (Wildman–Crippen MR) is 129 cm³/mol. The number of carbonyl (C=O) groups excluding carboxylic acids is 1. The molecule has 0 spiro atoms. The van der Waals surface area contributed by atoms with Crippen molar-refractivity contribution in [3.8, 4) is 0 Å². The smallest absolute Gasteiger partial charge is 0.264 e. The molecule has 1 amide bonds. The predicted octanol–water partition coefficient (Wildman–Crippen LogP) is 4.92. The van der Waals surface area contributed by atoms with Crippen molar-refractivity contribution in [1.29, 1.82) is 0 Å². The van der Waals surface area contributed by atoms with Crippen LogP contribution in [-0.4, -0.2) is 27.4 Å². The summed E-state index contributed by atoms with van der Waals surface area (Å²) >= 11 is 5.97. The quantitative estimate of drug-likeness (QED) is 0.457. The van der Waals surface area contributed by atoms with Crippen molar-refractivity contribution in [2.75, 3.05) is 17.4 Å². The third-order valence-electron chi connectivity index (χ3n) is 5.27. The summed E-state index contributed by atoms with van der Waals surface area (Å²) in [4.78, 5) is 12.9. The molecule has 3 aromatic rings. The van der Waals surface area contributed by atoms with Crippen molar-refractivity contribution >= 4 is 33.2 Å². The van der Waals surface area contributed by atoms with E-state index in [0.717, 1.165) is 17.1 Å². The fraction of sp³-hybridized carbons (Fsp3) is 0.240. The van der Waals surface area contributed by atoms with E-state index in [9.17, 15) is 13.2 Å². The second-order valence-corrected chi connectivity index (χ2v) is 9.87. The molecule has 0 heterocycles. The van der Waals surface area contributed by atoms with Gasteiger partial charge in [-0.25, -0.2) is 8.42 Å². The summed E-state index contributed by atoms with van der Waals surface area (Å²) in [7, 11) is -3.93. The minimum atomic E-state index is -3.93. The molecule has 0 bridgehead atoms. The second-order valence-electron chi connectivity index (χ2n) is 7.57. The molecule has 0 saturated carbocycles. The van der Waals surface area contributed by atoms with Crippen LogP contribution in [0.1, 0.15) is 18.9 Å². The summed E-state index contributed by atoms with van der Waals surface area (Å²) in [5.41, 5.74) is 1.59. The zero-order chi connectivity index (χ0) is 23.0. The first kappa shape index (κ1) is 23.8. The van der Waals surface area contributed by atoms with Crippen LogP contribution in [0.15, 0.2) is 89.8 Å². The van der Waals surface area contributed by atoms with Gasteiger partial charge in [0.05, 0.1) is 10.6 Å². The minimum Gasteiger partial charge on any atom is -0.354 e. The third-order valence-corrected chi connectivity index (χ3v) is 7.31. The Hall–Kier alpha value is -2.83. The molecule has 3 aromatic carbocycles. The molecule has 0 aliphatic carbocycles. The number of carbonyl (C=O) groups is 1. The van der Waals surface area contributed by atoms with E-state index in [0.29, 0.717) is 17.3 Å². The number of sulfonamides is 1. The van der Waals surface area contributed by atoms with Crippen molar-refractivity contribution in [3.05, 3.63) is 95.5 Å². The molecule has 32 heavy (non-hydrogen) atoms. The molecule has 0 aromatic heterocycles. The average Bonchev–Trinajstić information content (AvgIpc) is 2.82. The third kappa shape index (κ3) is 6.34. The van der Waals surface area contributed by atoms with Gasteiger partial charge in [-0.05, 0) is 54.3 Å². The Morgan fingerprint density at radius 1 is 0.938 bits per heavy atom. The van der Waals surface area contributed by atoms with Crippen LogP contribution in [-0.2, 0) is 21.2 Å². The average molecular weight is 471 g/mol. The molecule has 3 rings (SSSR count). The topological polar surface area (TPSA) is 66.5 Å². The highest BCUT2D eigenvalue weighted by Crippen LogP contribution is 2.25. The van der Waals surface area contributed by atoms with Crippen molar-refractivity contribution in [2.45, 2.75) is 24.7 Å². The first-order valence-corrected chi connectivity index (χ1v) is 12.4. The lowest BCUT2D eigenvalue weighted by Gasteiger charge is -2.25. The molecule has 0 saturated heterocycles. The van der Waals surface area contributed by atoms with Gasteiger partial charge in [-0.15, -0.1) is 0 Å². The molecule has 5 nitrogen and oxygen atoms in total. The Balaban J connectivity index is 1.74. The monoisotopic (exact) mass is 470 g/mol. The zero-order valence-corrected chi connectivity index (χ0v) is 19.5. The zero-order valence-electron chi connectivity index (χ0n) is 17.9. The van der Waals surface area contributed by atoms with Gasteiger partial charge in [0.15, 0.2) is 0 Å². The number of benzene rings is 3. The normalized spacial score (nSPS) is 12.2. The molecule has 0 radical (unpaired) electrons. The summed E-state index contributed by atoms with van der Waals surface area (Å²) < 4.78 is 27.7. The highest BCUT2D eigenvalue weighted by Gasteiger charge is 2.27. The Morgan fingerprint density at radius 3 is 2.12 bits per heavy atom. The number of hydrogen-bond donors (Lipinski definition) is 1. The van der Waals surface area contributed by atoms with E-state index in [1.807, 2.05) is 18.2 Å². The number of nitrogens with one attached hydrogen (secondary N) is 1. The first-order chi connectivity index (χ1) is 15.4. The van der Waals surface area contributed by atoms with Gasteiger partial charge in [-0.2, -0.15) is 0 Å². The number of rotatable bonds is 10. The SMILES string of the molecule is CCC(CNC(=O)CN(c1ccc(Cl)cc1)S(=O)(=O)c1ccccc1)Cc1ccccc1. The van der Waals surface area contributed by atoms with Crippen LogP contribution >= 0.6 is 11.6 Å². The van der Waals surface area contributed by atoms with Gasteiger partial charge < -0.3 is 5.32 Å². The molecule has 7 heteroatoms. The van der Waals surface area contributed by atoms with E-state index in [2.05, 4.69) is 24.4 Å². The van der Waals surface area contributed by atoms with Gasteiger partial charge in [0.2, 0.25) is 5.91 Å². The van der Waals surface area contributed by atoms with Crippen molar-refractivity contribution < 1.29 is 13.2 Å². The molecule has 168 valence electrons. The lowest BCUT2D eigenvalue weighted by atomic mass is 9.97. The van der Waals surface area contributed by atoms with E-state index in [1.54, 1.807) is 42.5 Å². The molecule has 0 fully saturated rings. The fourth-order valence-electron chi connectivity index (χ4n) is 3.39. The largest absolute Gasteiger partial charge is 0.354 e. The Kier molecular flexibility index (Phi) is 8.31. The van der Waals surface area contributed by atoms with Gasteiger partial charge in [0.25, 0.3) is 10.0 Å². The van der Waals surface area contributed by atoms with Gasteiger partial charge in [-0.1, -0.05) is 73.5 Å². The van der Waals surface area contributed by atoms with Crippen LogP contribution < -0.4 is 9.62 Å². The Morgan fingerprint density at radius 2 is 1.53 bits per heavy atom. The van der Waals surface area contributed by atoms with Gasteiger partial charge in [0, 0.05) is 11.6 Å². The minimum absolute atomic E-state index is 0.123. The molecule has 0 aliphatic heterocycles. The molecule has 1 N–H and O–H groups in total. The van der Waals surface area contributed by atoms with Gasteiger partial charge >= 0.3 is 0 Å². The molecule has 1 atom stereocenters. The van der Waals surface area contributed by atoms with E-state index in [4.69, 9.17) is 11.6 Å². The van der Waals surface area contributed by atoms with Crippen LogP contribution in [0.4, 0.5) is 5.69 Å². The maximum atomic E-state index is 13.3.